The fourth-order valence-electron chi connectivity index (χ4n) is 5.18. The van der Waals surface area contributed by atoms with Gasteiger partial charge in [-0.3, -0.25) is 14.5 Å². The molecule has 2 fully saturated rings. The van der Waals surface area contributed by atoms with Crippen molar-refractivity contribution < 1.29 is 18.7 Å². The molecule has 0 bridgehead atoms. The van der Waals surface area contributed by atoms with E-state index >= 15 is 0 Å². The standard InChI is InChI=1S/C27H24Cl2FN3O3/c1-13-17-10-16(11-18(13)17)36-23-9-15(19-8-14(25(31)34)6-7-20(19)28)12-32-26(23)33(2)27(35)24-21(29)4-3-5-22(24)30/h3-9,12-13,16-18H,10-11H2,1-2H3,(H2,31,34). The lowest BCUT2D eigenvalue weighted by Crippen LogP contribution is -2.29. The second-order valence-electron chi connectivity index (χ2n) is 9.46. The molecule has 2 amide bonds. The number of ether oxygens (including phenoxy) is 1. The number of anilines is 1. The molecule has 36 heavy (non-hydrogen) atoms. The maximum Gasteiger partial charge on any atom is 0.263 e. The fraction of sp³-hybridized carbons (Fsp3) is 0.296. The first kappa shape index (κ1) is 24.5. The maximum absolute atomic E-state index is 14.5. The van der Waals surface area contributed by atoms with Crippen molar-refractivity contribution in [3.63, 3.8) is 0 Å². The van der Waals surface area contributed by atoms with E-state index in [2.05, 4.69) is 11.9 Å². The summed E-state index contributed by atoms with van der Waals surface area (Å²) in [6, 6.07) is 10.5. The molecular weight excluding hydrogens is 504 g/mol. The zero-order chi connectivity index (χ0) is 25.7. The summed E-state index contributed by atoms with van der Waals surface area (Å²) in [5, 5.41) is 0.407. The van der Waals surface area contributed by atoms with Crippen molar-refractivity contribution in [2.75, 3.05) is 11.9 Å². The van der Waals surface area contributed by atoms with E-state index in [1.807, 2.05) is 0 Å². The highest BCUT2D eigenvalue weighted by Crippen LogP contribution is 2.58. The minimum Gasteiger partial charge on any atom is -0.486 e. The second kappa shape index (κ2) is 9.37. The molecule has 2 atom stereocenters. The Morgan fingerprint density at radius 1 is 1.11 bits per heavy atom. The van der Waals surface area contributed by atoms with Crippen LogP contribution in [-0.2, 0) is 0 Å². The SMILES string of the molecule is CC1C2CC(Oc3cc(-c4cc(C(N)=O)ccc4Cl)cnc3N(C)C(=O)c3c(F)cccc3Cl)CC12. The Morgan fingerprint density at radius 3 is 2.50 bits per heavy atom. The Morgan fingerprint density at radius 2 is 1.83 bits per heavy atom. The molecule has 5 rings (SSSR count). The van der Waals surface area contributed by atoms with Crippen LogP contribution in [0.2, 0.25) is 10.0 Å². The molecule has 186 valence electrons. The van der Waals surface area contributed by atoms with Crippen LogP contribution < -0.4 is 15.4 Å². The topological polar surface area (TPSA) is 85.5 Å². The summed E-state index contributed by atoms with van der Waals surface area (Å²) in [6.07, 6.45) is 3.34. The van der Waals surface area contributed by atoms with E-state index in [-0.39, 0.29) is 22.5 Å². The fourth-order valence-corrected chi connectivity index (χ4v) is 5.65. The van der Waals surface area contributed by atoms with E-state index in [1.165, 1.54) is 36.3 Å². The first-order valence-electron chi connectivity index (χ1n) is 11.6. The molecule has 0 radical (unpaired) electrons. The molecule has 6 nitrogen and oxygen atoms in total. The van der Waals surface area contributed by atoms with Crippen LogP contribution in [0.1, 0.15) is 40.5 Å². The highest BCUT2D eigenvalue weighted by molar-refractivity contribution is 6.34. The number of nitrogens with zero attached hydrogens (tertiary/aromatic N) is 2. The summed E-state index contributed by atoms with van der Waals surface area (Å²) in [4.78, 5) is 30.7. The van der Waals surface area contributed by atoms with Gasteiger partial charge in [0.05, 0.1) is 16.7 Å². The third-order valence-electron chi connectivity index (χ3n) is 7.32. The smallest absolute Gasteiger partial charge is 0.263 e. The molecular formula is C27H24Cl2FN3O3. The quantitative estimate of drug-likeness (QED) is 0.426. The van der Waals surface area contributed by atoms with E-state index in [4.69, 9.17) is 33.7 Å². The number of aromatic nitrogens is 1. The number of primary amides is 1. The maximum atomic E-state index is 14.5. The molecule has 2 aliphatic rings. The molecule has 0 saturated heterocycles. The van der Waals surface area contributed by atoms with Gasteiger partial charge in [0.25, 0.3) is 5.91 Å². The zero-order valence-electron chi connectivity index (χ0n) is 19.7. The number of halogens is 3. The van der Waals surface area contributed by atoms with Gasteiger partial charge in [-0.05, 0) is 67.0 Å². The van der Waals surface area contributed by atoms with Crippen LogP contribution in [0.3, 0.4) is 0 Å². The largest absolute Gasteiger partial charge is 0.486 e. The monoisotopic (exact) mass is 527 g/mol. The third-order valence-corrected chi connectivity index (χ3v) is 7.96. The number of carbonyl (C=O) groups is 2. The predicted molar refractivity (Wildman–Crippen MR) is 137 cm³/mol. The minimum atomic E-state index is -0.724. The van der Waals surface area contributed by atoms with Gasteiger partial charge in [-0.15, -0.1) is 0 Å². The Labute approximate surface area is 218 Å². The number of pyridine rings is 1. The molecule has 0 aliphatic heterocycles. The first-order valence-corrected chi connectivity index (χ1v) is 12.4. The molecule has 2 saturated carbocycles. The lowest BCUT2D eigenvalue weighted by Gasteiger charge is -2.24. The summed E-state index contributed by atoms with van der Waals surface area (Å²) in [5.41, 5.74) is 6.63. The third kappa shape index (κ3) is 4.42. The Balaban J connectivity index is 1.54. The summed E-state index contributed by atoms with van der Waals surface area (Å²) in [5.74, 6) is 0.616. The van der Waals surface area contributed by atoms with Crippen LogP contribution >= 0.6 is 23.2 Å². The van der Waals surface area contributed by atoms with Crippen molar-refractivity contribution in [2.24, 2.45) is 23.5 Å². The summed E-state index contributed by atoms with van der Waals surface area (Å²) >= 11 is 12.6. The van der Waals surface area contributed by atoms with Gasteiger partial charge in [-0.1, -0.05) is 36.2 Å². The summed E-state index contributed by atoms with van der Waals surface area (Å²) in [6.45, 7) is 2.25. The molecule has 0 spiro atoms. The molecule has 1 heterocycles. The van der Waals surface area contributed by atoms with Gasteiger partial charge >= 0.3 is 0 Å². The lowest BCUT2D eigenvalue weighted by atomic mass is 10.0. The number of fused-ring (bicyclic) bond motifs is 1. The molecule has 1 aromatic heterocycles. The zero-order valence-corrected chi connectivity index (χ0v) is 21.2. The van der Waals surface area contributed by atoms with Gasteiger partial charge < -0.3 is 10.5 Å². The van der Waals surface area contributed by atoms with E-state index in [0.717, 1.165) is 12.8 Å². The van der Waals surface area contributed by atoms with Crippen molar-refractivity contribution >= 4 is 40.8 Å². The van der Waals surface area contributed by atoms with Crippen LogP contribution in [0.5, 0.6) is 5.75 Å². The van der Waals surface area contributed by atoms with Crippen molar-refractivity contribution in [2.45, 2.75) is 25.9 Å². The van der Waals surface area contributed by atoms with Gasteiger partial charge in [0.1, 0.15) is 5.82 Å². The highest BCUT2D eigenvalue weighted by atomic mass is 35.5. The number of hydrogen-bond acceptors (Lipinski definition) is 4. The average Bonchev–Trinajstić information content (AvgIpc) is 3.23. The Hall–Kier alpha value is -3.16. The van der Waals surface area contributed by atoms with Crippen LogP contribution in [0.25, 0.3) is 11.1 Å². The van der Waals surface area contributed by atoms with Crippen LogP contribution in [0.4, 0.5) is 10.2 Å². The van der Waals surface area contributed by atoms with Crippen LogP contribution in [-0.4, -0.2) is 29.9 Å². The lowest BCUT2D eigenvalue weighted by molar-refractivity contribution is 0.0982. The summed E-state index contributed by atoms with van der Waals surface area (Å²) in [7, 11) is 1.49. The molecule has 9 heteroatoms. The van der Waals surface area contributed by atoms with E-state index in [9.17, 15) is 14.0 Å². The van der Waals surface area contributed by atoms with Crippen molar-refractivity contribution in [1.29, 1.82) is 0 Å². The predicted octanol–water partition coefficient (Wildman–Crippen LogP) is 5.99. The minimum absolute atomic E-state index is 0.00542. The van der Waals surface area contributed by atoms with Crippen molar-refractivity contribution in [3.05, 3.63) is 75.7 Å². The molecule has 3 aromatic rings. The van der Waals surface area contributed by atoms with Gasteiger partial charge in [0, 0.05) is 35.0 Å². The number of carbonyl (C=O) groups excluding carboxylic acids is 2. The number of amides is 2. The Kier molecular flexibility index (Phi) is 6.39. The molecule has 2 aliphatic carbocycles. The normalized spacial score (nSPS) is 22.1. The van der Waals surface area contributed by atoms with E-state index in [0.29, 0.717) is 45.2 Å². The molecule has 2 N–H and O–H groups in total. The second-order valence-corrected chi connectivity index (χ2v) is 10.3. The van der Waals surface area contributed by atoms with E-state index < -0.39 is 17.6 Å². The number of benzene rings is 2. The highest BCUT2D eigenvalue weighted by Gasteiger charge is 2.54. The van der Waals surface area contributed by atoms with Gasteiger partial charge in [-0.2, -0.15) is 0 Å². The van der Waals surface area contributed by atoms with Crippen molar-refractivity contribution in [1.82, 2.24) is 4.98 Å². The van der Waals surface area contributed by atoms with Crippen LogP contribution in [0, 0.1) is 23.6 Å². The molecule has 2 unspecified atom stereocenters. The van der Waals surface area contributed by atoms with Gasteiger partial charge in [0.2, 0.25) is 5.91 Å². The Bertz CT molecular complexity index is 1350. The van der Waals surface area contributed by atoms with Gasteiger partial charge in [0.15, 0.2) is 11.6 Å². The first-order chi connectivity index (χ1) is 17.2. The number of rotatable bonds is 6. The number of hydrogen-bond donors (Lipinski definition) is 1. The summed E-state index contributed by atoms with van der Waals surface area (Å²) < 4.78 is 20.9. The van der Waals surface area contributed by atoms with E-state index in [1.54, 1.807) is 24.3 Å². The average molecular weight is 528 g/mol. The number of nitrogens with two attached hydrogens (primary N) is 1. The van der Waals surface area contributed by atoms with Crippen LogP contribution in [0.15, 0.2) is 48.7 Å². The molecule has 2 aromatic carbocycles. The van der Waals surface area contributed by atoms with Crippen molar-refractivity contribution in [3.8, 4) is 16.9 Å². The van der Waals surface area contributed by atoms with Gasteiger partial charge in [-0.25, -0.2) is 9.37 Å².